The van der Waals surface area contributed by atoms with Gasteiger partial charge in [-0.2, -0.15) is 8.78 Å². The Hall–Kier alpha value is -1.23. The highest BCUT2D eigenvalue weighted by atomic mass is 19.3. The lowest BCUT2D eigenvalue weighted by Crippen LogP contribution is -2.10. The van der Waals surface area contributed by atoms with Crippen LogP contribution in [0, 0.1) is 5.82 Å². The van der Waals surface area contributed by atoms with Crippen LogP contribution in [0.4, 0.5) is 13.2 Å². The first-order valence-corrected chi connectivity index (χ1v) is 4.01. The molecule has 2 nitrogen and oxygen atoms in total. The zero-order chi connectivity index (χ0) is 10.6. The van der Waals surface area contributed by atoms with Gasteiger partial charge in [0.15, 0.2) is 0 Å². The van der Waals surface area contributed by atoms with E-state index in [4.69, 9.17) is 0 Å². The maximum atomic E-state index is 12.7. The van der Waals surface area contributed by atoms with Gasteiger partial charge in [0.1, 0.15) is 11.6 Å². The predicted molar refractivity (Wildman–Crippen MR) is 45.8 cm³/mol. The summed E-state index contributed by atoms with van der Waals surface area (Å²) >= 11 is 0. The number of nitrogens with one attached hydrogen (secondary N) is 1. The molecule has 0 aliphatic rings. The number of halogens is 3. The van der Waals surface area contributed by atoms with Gasteiger partial charge in [-0.15, -0.1) is 0 Å². The minimum absolute atomic E-state index is 0.00394. The minimum atomic E-state index is -2.89. The summed E-state index contributed by atoms with van der Waals surface area (Å²) in [5, 5.41) is 2.73. The van der Waals surface area contributed by atoms with Gasteiger partial charge < -0.3 is 10.1 Å². The molecule has 1 rings (SSSR count). The number of hydrogen-bond acceptors (Lipinski definition) is 2. The number of benzene rings is 1. The van der Waals surface area contributed by atoms with E-state index in [-0.39, 0.29) is 12.3 Å². The molecular weight excluding hydrogens is 195 g/mol. The van der Waals surface area contributed by atoms with E-state index in [1.54, 1.807) is 7.05 Å². The molecule has 0 bridgehead atoms. The van der Waals surface area contributed by atoms with Crippen molar-refractivity contribution >= 4 is 0 Å². The van der Waals surface area contributed by atoms with Crippen LogP contribution >= 0.6 is 0 Å². The Balaban J connectivity index is 2.89. The molecule has 0 aromatic heterocycles. The number of rotatable bonds is 4. The van der Waals surface area contributed by atoms with Gasteiger partial charge in [-0.3, -0.25) is 0 Å². The molecule has 1 aromatic carbocycles. The van der Waals surface area contributed by atoms with Crippen molar-refractivity contribution in [3.05, 3.63) is 29.6 Å². The van der Waals surface area contributed by atoms with Crippen molar-refractivity contribution in [2.45, 2.75) is 13.2 Å². The summed E-state index contributed by atoms with van der Waals surface area (Å²) in [7, 11) is 1.64. The smallest absolute Gasteiger partial charge is 0.387 e. The van der Waals surface area contributed by atoms with Gasteiger partial charge in [0.25, 0.3) is 0 Å². The molecule has 14 heavy (non-hydrogen) atoms. The van der Waals surface area contributed by atoms with Crippen LogP contribution < -0.4 is 10.1 Å². The van der Waals surface area contributed by atoms with E-state index < -0.39 is 12.4 Å². The van der Waals surface area contributed by atoms with Crippen molar-refractivity contribution in [3.8, 4) is 5.75 Å². The van der Waals surface area contributed by atoms with Crippen LogP contribution in [0.2, 0.25) is 0 Å². The fourth-order valence-corrected chi connectivity index (χ4v) is 1.09. The van der Waals surface area contributed by atoms with Crippen molar-refractivity contribution in [1.29, 1.82) is 0 Å². The zero-order valence-corrected chi connectivity index (χ0v) is 7.56. The van der Waals surface area contributed by atoms with Crippen LogP contribution in [-0.4, -0.2) is 13.7 Å². The maximum absolute atomic E-state index is 12.7. The summed E-state index contributed by atoms with van der Waals surface area (Å²) < 4.78 is 40.8. The fraction of sp³-hybridized carbons (Fsp3) is 0.333. The van der Waals surface area contributed by atoms with Crippen molar-refractivity contribution in [2.75, 3.05) is 7.05 Å². The SMILES string of the molecule is CNCc1cc(F)ccc1OC(F)F. The molecule has 0 amide bonds. The van der Waals surface area contributed by atoms with Gasteiger partial charge in [-0.1, -0.05) is 0 Å². The molecule has 0 aliphatic heterocycles. The van der Waals surface area contributed by atoms with Crippen LogP contribution in [0.3, 0.4) is 0 Å². The summed E-state index contributed by atoms with van der Waals surface area (Å²) in [4.78, 5) is 0. The number of hydrogen-bond donors (Lipinski definition) is 1. The van der Waals surface area contributed by atoms with Crippen LogP contribution in [0.15, 0.2) is 18.2 Å². The third-order valence-electron chi connectivity index (χ3n) is 1.61. The molecule has 0 aliphatic carbocycles. The van der Waals surface area contributed by atoms with E-state index in [9.17, 15) is 13.2 Å². The van der Waals surface area contributed by atoms with Gasteiger partial charge in [0.05, 0.1) is 0 Å². The lowest BCUT2D eigenvalue weighted by molar-refractivity contribution is -0.0505. The summed E-state index contributed by atoms with van der Waals surface area (Å²) in [6.45, 7) is -2.61. The van der Waals surface area contributed by atoms with Gasteiger partial charge >= 0.3 is 6.61 Å². The first-order valence-electron chi connectivity index (χ1n) is 4.01. The molecular formula is C9H10F3NO. The number of alkyl halides is 2. The second-order valence-corrected chi connectivity index (χ2v) is 2.66. The summed E-state index contributed by atoms with van der Waals surface area (Å²) in [5.41, 5.74) is 0.368. The monoisotopic (exact) mass is 205 g/mol. The first-order chi connectivity index (χ1) is 6.63. The quantitative estimate of drug-likeness (QED) is 0.813. The molecule has 0 atom stereocenters. The first kappa shape index (κ1) is 10.8. The molecule has 0 radical (unpaired) electrons. The Morgan fingerprint density at radius 2 is 2.14 bits per heavy atom. The van der Waals surface area contributed by atoms with E-state index in [1.807, 2.05) is 0 Å². The zero-order valence-electron chi connectivity index (χ0n) is 7.56. The van der Waals surface area contributed by atoms with Crippen molar-refractivity contribution in [3.63, 3.8) is 0 Å². The minimum Gasteiger partial charge on any atom is -0.434 e. The van der Waals surface area contributed by atoms with Gasteiger partial charge in [0.2, 0.25) is 0 Å². The third kappa shape index (κ3) is 2.92. The fourth-order valence-electron chi connectivity index (χ4n) is 1.09. The normalized spacial score (nSPS) is 10.6. The average Bonchev–Trinajstić information content (AvgIpc) is 2.09. The molecule has 0 saturated heterocycles. The highest BCUT2D eigenvalue weighted by Crippen LogP contribution is 2.21. The largest absolute Gasteiger partial charge is 0.434 e. The molecule has 1 aromatic rings. The van der Waals surface area contributed by atoms with Crippen molar-refractivity contribution < 1.29 is 17.9 Å². The third-order valence-corrected chi connectivity index (χ3v) is 1.61. The highest BCUT2D eigenvalue weighted by Gasteiger charge is 2.09. The van der Waals surface area contributed by atoms with Gasteiger partial charge in [0, 0.05) is 12.1 Å². The Kier molecular flexibility index (Phi) is 3.76. The molecule has 78 valence electrons. The van der Waals surface area contributed by atoms with E-state index in [1.165, 1.54) is 6.07 Å². The van der Waals surface area contributed by atoms with E-state index in [0.29, 0.717) is 5.56 Å². The van der Waals surface area contributed by atoms with E-state index in [2.05, 4.69) is 10.1 Å². The molecule has 0 spiro atoms. The summed E-state index contributed by atoms with van der Waals surface area (Å²) in [6, 6.07) is 3.43. The lowest BCUT2D eigenvalue weighted by atomic mass is 10.2. The van der Waals surface area contributed by atoms with Crippen molar-refractivity contribution in [1.82, 2.24) is 5.32 Å². The molecule has 0 heterocycles. The molecule has 0 unspecified atom stereocenters. The lowest BCUT2D eigenvalue weighted by Gasteiger charge is -2.09. The van der Waals surface area contributed by atoms with Crippen LogP contribution in [-0.2, 0) is 6.54 Å². The Morgan fingerprint density at radius 3 is 2.71 bits per heavy atom. The highest BCUT2D eigenvalue weighted by molar-refractivity contribution is 5.33. The molecule has 1 N–H and O–H groups in total. The Labute approximate surface area is 79.7 Å². The average molecular weight is 205 g/mol. The predicted octanol–water partition coefficient (Wildman–Crippen LogP) is 2.15. The van der Waals surface area contributed by atoms with Gasteiger partial charge in [-0.25, -0.2) is 4.39 Å². The second-order valence-electron chi connectivity index (χ2n) is 2.66. The summed E-state index contributed by atoms with van der Waals surface area (Å²) in [6.07, 6.45) is 0. The standard InChI is InChI=1S/C9H10F3NO/c1-13-5-6-4-7(10)2-3-8(6)14-9(11)12/h2-4,9,13H,5H2,1H3. The molecule has 0 fully saturated rings. The van der Waals surface area contributed by atoms with E-state index >= 15 is 0 Å². The van der Waals surface area contributed by atoms with E-state index in [0.717, 1.165) is 12.1 Å². The second kappa shape index (κ2) is 4.85. The van der Waals surface area contributed by atoms with Gasteiger partial charge in [-0.05, 0) is 25.2 Å². The van der Waals surface area contributed by atoms with Crippen LogP contribution in [0.5, 0.6) is 5.75 Å². The van der Waals surface area contributed by atoms with Crippen LogP contribution in [0.1, 0.15) is 5.56 Å². The Morgan fingerprint density at radius 1 is 1.43 bits per heavy atom. The number of ether oxygens (including phenoxy) is 1. The molecule has 0 saturated carbocycles. The molecule has 5 heteroatoms. The topological polar surface area (TPSA) is 21.3 Å². The summed E-state index contributed by atoms with van der Waals surface area (Å²) in [5.74, 6) is -0.479. The van der Waals surface area contributed by atoms with Crippen LogP contribution in [0.25, 0.3) is 0 Å². The Bertz CT molecular complexity index is 304. The van der Waals surface area contributed by atoms with Crippen molar-refractivity contribution in [2.24, 2.45) is 0 Å². The maximum Gasteiger partial charge on any atom is 0.387 e.